The zero-order valence-electron chi connectivity index (χ0n) is 9.87. The summed E-state index contributed by atoms with van der Waals surface area (Å²) in [7, 11) is 0. The van der Waals surface area contributed by atoms with Crippen molar-refractivity contribution in [2.24, 2.45) is 0 Å². The Morgan fingerprint density at radius 2 is 2.41 bits per heavy atom. The molecule has 0 aromatic carbocycles. The molecule has 0 saturated carbocycles. The van der Waals surface area contributed by atoms with Crippen LogP contribution in [0.2, 0.25) is 0 Å². The molecule has 1 aromatic rings. The smallest absolute Gasteiger partial charge is 0.244 e. The quantitative estimate of drug-likeness (QED) is 0.591. The Bertz CT molecular complexity index is 315. The lowest BCUT2D eigenvalue weighted by molar-refractivity contribution is -0.124. The van der Waals surface area contributed by atoms with E-state index in [9.17, 15) is 4.79 Å². The van der Waals surface area contributed by atoms with Gasteiger partial charge in [-0.15, -0.1) is 0 Å². The molecule has 1 unspecified atom stereocenters. The minimum atomic E-state index is -0.365. The Kier molecular flexibility index (Phi) is 6.19. The third-order valence-electron chi connectivity index (χ3n) is 2.21. The molecule has 0 spiro atoms. The largest absolute Gasteiger partial charge is 0.394 e. The number of carbonyl (C=O) groups excluding carboxylic acids is 1. The third kappa shape index (κ3) is 4.92. The van der Waals surface area contributed by atoms with E-state index in [0.717, 1.165) is 6.42 Å². The maximum absolute atomic E-state index is 11.6. The van der Waals surface area contributed by atoms with E-state index in [4.69, 9.17) is 9.84 Å². The molecule has 0 fully saturated rings. The first kappa shape index (κ1) is 13.6. The summed E-state index contributed by atoms with van der Waals surface area (Å²) in [5, 5.41) is 15.2. The summed E-state index contributed by atoms with van der Waals surface area (Å²) >= 11 is 0. The number of nitrogens with zero attached hydrogens (tertiary/aromatic N) is 3. The van der Waals surface area contributed by atoms with Crippen molar-refractivity contribution in [1.29, 1.82) is 0 Å². The van der Waals surface area contributed by atoms with E-state index in [2.05, 4.69) is 15.4 Å². The number of rotatable bonds is 8. The SMILES string of the molecule is CC(C(=O)NCCCOCCO)n1cncn1. The molecule has 7 heteroatoms. The molecule has 0 aliphatic rings. The van der Waals surface area contributed by atoms with Gasteiger partial charge in [-0.3, -0.25) is 4.79 Å². The average Bonchev–Trinajstić information content (AvgIpc) is 2.86. The fourth-order valence-corrected chi connectivity index (χ4v) is 1.24. The number of nitrogens with one attached hydrogen (secondary N) is 1. The summed E-state index contributed by atoms with van der Waals surface area (Å²) in [5.41, 5.74) is 0. The number of amides is 1. The summed E-state index contributed by atoms with van der Waals surface area (Å²) < 4.78 is 6.57. The number of carbonyl (C=O) groups is 1. The summed E-state index contributed by atoms with van der Waals surface area (Å²) in [4.78, 5) is 15.4. The number of aliphatic hydroxyl groups excluding tert-OH is 1. The molecular weight excluding hydrogens is 224 g/mol. The summed E-state index contributed by atoms with van der Waals surface area (Å²) in [6, 6.07) is -0.365. The van der Waals surface area contributed by atoms with Crippen LogP contribution in [-0.2, 0) is 9.53 Å². The number of aromatic nitrogens is 3. The lowest BCUT2D eigenvalue weighted by Crippen LogP contribution is -2.32. The van der Waals surface area contributed by atoms with Gasteiger partial charge in [0.05, 0.1) is 13.2 Å². The van der Waals surface area contributed by atoms with Crippen LogP contribution in [0.15, 0.2) is 12.7 Å². The first-order chi connectivity index (χ1) is 8.25. The number of hydrogen-bond acceptors (Lipinski definition) is 5. The highest BCUT2D eigenvalue weighted by atomic mass is 16.5. The van der Waals surface area contributed by atoms with Gasteiger partial charge in [0.15, 0.2) is 0 Å². The van der Waals surface area contributed by atoms with Crippen molar-refractivity contribution in [2.45, 2.75) is 19.4 Å². The van der Waals surface area contributed by atoms with E-state index in [1.165, 1.54) is 17.3 Å². The molecule has 96 valence electrons. The van der Waals surface area contributed by atoms with Crippen molar-refractivity contribution in [3.8, 4) is 0 Å². The molecule has 0 bridgehead atoms. The average molecular weight is 242 g/mol. The first-order valence-electron chi connectivity index (χ1n) is 5.56. The highest BCUT2D eigenvalue weighted by Gasteiger charge is 2.14. The molecule has 1 heterocycles. The Balaban J connectivity index is 2.13. The normalized spacial score (nSPS) is 12.4. The molecule has 2 N–H and O–H groups in total. The van der Waals surface area contributed by atoms with Crippen LogP contribution in [0.25, 0.3) is 0 Å². The summed E-state index contributed by atoms with van der Waals surface area (Å²) in [6.07, 6.45) is 3.62. The number of ether oxygens (including phenoxy) is 1. The maximum Gasteiger partial charge on any atom is 0.244 e. The Hall–Kier alpha value is -1.47. The van der Waals surface area contributed by atoms with Gasteiger partial charge in [-0.1, -0.05) is 0 Å². The fraction of sp³-hybridized carbons (Fsp3) is 0.700. The predicted octanol–water partition coefficient (Wildman–Crippen LogP) is -0.646. The maximum atomic E-state index is 11.6. The highest BCUT2D eigenvalue weighted by Crippen LogP contribution is 2.01. The Morgan fingerprint density at radius 3 is 3.06 bits per heavy atom. The van der Waals surface area contributed by atoms with Crippen molar-refractivity contribution in [3.63, 3.8) is 0 Å². The number of aliphatic hydroxyl groups is 1. The van der Waals surface area contributed by atoms with Crippen molar-refractivity contribution in [3.05, 3.63) is 12.7 Å². The molecule has 0 radical (unpaired) electrons. The van der Waals surface area contributed by atoms with Gasteiger partial charge in [0.1, 0.15) is 18.7 Å². The molecule has 1 atom stereocenters. The third-order valence-corrected chi connectivity index (χ3v) is 2.21. The molecule has 1 aromatic heterocycles. The first-order valence-corrected chi connectivity index (χ1v) is 5.56. The van der Waals surface area contributed by atoms with E-state index < -0.39 is 0 Å². The lowest BCUT2D eigenvalue weighted by Gasteiger charge is -2.11. The van der Waals surface area contributed by atoms with Gasteiger partial charge in [-0.05, 0) is 13.3 Å². The molecular formula is C10H18N4O3. The molecule has 1 rings (SSSR count). The van der Waals surface area contributed by atoms with Gasteiger partial charge in [-0.2, -0.15) is 5.10 Å². The van der Waals surface area contributed by atoms with E-state index in [0.29, 0.717) is 19.8 Å². The molecule has 1 amide bonds. The van der Waals surface area contributed by atoms with Crippen LogP contribution in [0.4, 0.5) is 0 Å². The van der Waals surface area contributed by atoms with E-state index in [1.807, 2.05) is 0 Å². The van der Waals surface area contributed by atoms with Crippen LogP contribution in [-0.4, -0.2) is 52.1 Å². The van der Waals surface area contributed by atoms with E-state index in [-0.39, 0.29) is 18.6 Å². The zero-order chi connectivity index (χ0) is 12.5. The van der Waals surface area contributed by atoms with Crippen LogP contribution in [0.5, 0.6) is 0 Å². The van der Waals surface area contributed by atoms with Gasteiger partial charge >= 0.3 is 0 Å². The van der Waals surface area contributed by atoms with Crippen LogP contribution in [0.3, 0.4) is 0 Å². The van der Waals surface area contributed by atoms with Gasteiger partial charge in [0.25, 0.3) is 0 Å². The fourth-order valence-electron chi connectivity index (χ4n) is 1.24. The molecule has 0 aliphatic carbocycles. The standard InChI is InChI=1S/C10H18N4O3/c1-9(14-8-11-7-13-14)10(16)12-3-2-5-17-6-4-15/h7-9,15H,2-6H2,1H3,(H,12,16). The summed E-state index contributed by atoms with van der Waals surface area (Å²) in [5.74, 6) is -0.0994. The minimum Gasteiger partial charge on any atom is -0.394 e. The zero-order valence-corrected chi connectivity index (χ0v) is 9.87. The molecule has 0 saturated heterocycles. The van der Waals surface area contributed by atoms with Gasteiger partial charge < -0.3 is 15.2 Å². The monoisotopic (exact) mass is 242 g/mol. The topological polar surface area (TPSA) is 89.3 Å². The second kappa shape index (κ2) is 7.75. The van der Waals surface area contributed by atoms with Gasteiger partial charge in [-0.25, -0.2) is 9.67 Å². The van der Waals surface area contributed by atoms with Gasteiger partial charge in [0.2, 0.25) is 5.91 Å². The van der Waals surface area contributed by atoms with Crippen LogP contribution < -0.4 is 5.32 Å². The lowest BCUT2D eigenvalue weighted by atomic mass is 10.3. The van der Waals surface area contributed by atoms with Crippen molar-refractivity contribution in [2.75, 3.05) is 26.4 Å². The van der Waals surface area contributed by atoms with Crippen molar-refractivity contribution < 1.29 is 14.6 Å². The molecule has 7 nitrogen and oxygen atoms in total. The van der Waals surface area contributed by atoms with E-state index in [1.54, 1.807) is 6.92 Å². The van der Waals surface area contributed by atoms with Crippen LogP contribution >= 0.6 is 0 Å². The van der Waals surface area contributed by atoms with Crippen LogP contribution in [0, 0.1) is 0 Å². The number of hydrogen-bond donors (Lipinski definition) is 2. The van der Waals surface area contributed by atoms with Crippen LogP contribution in [0.1, 0.15) is 19.4 Å². The second-order valence-corrected chi connectivity index (χ2v) is 3.53. The summed E-state index contributed by atoms with van der Waals surface area (Å²) in [6.45, 7) is 3.19. The highest BCUT2D eigenvalue weighted by molar-refractivity contribution is 5.79. The van der Waals surface area contributed by atoms with Crippen molar-refractivity contribution >= 4 is 5.91 Å². The molecule has 0 aliphatic heterocycles. The minimum absolute atomic E-state index is 0.0235. The molecule has 17 heavy (non-hydrogen) atoms. The van der Waals surface area contributed by atoms with Gasteiger partial charge in [0, 0.05) is 13.2 Å². The Morgan fingerprint density at radius 1 is 1.59 bits per heavy atom. The Labute approximate surface area is 99.8 Å². The van der Waals surface area contributed by atoms with E-state index >= 15 is 0 Å². The van der Waals surface area contributed by atoms with Crippen molar-refractivity contribution in [1.82, 2.24) is 20.1 Å². The second-order valence-electron chi connectivity index (χ2n) is 3.53. The predicted molar refractivity (Wildman–Crippen MR) is 60.3 cm³/mol.